The minimum atomic E-state index is -0.428. The fourth-order valence-electron chi connectivity index (χ4n) is 2.85. The number of nitrogens with one attached hydrogen (secondary N) is 1. The lowest BCUT2D eigenvalue weighted by Crippen LogP contribution is -2.07. The monoisotopic (exact) mass is 390 g/mol. The standard InChI is InChI=1S/C22H23FN6/c1-15(24)11-20(12-18-7-5-4-6-8-18)28-16(2)27-19-9-10-22(21(23)13-19)29-17(3)25-14-26-29/h4-11,13-14,27H,2,12,24H2,1,3H3/b15-11-,28-20+. The quantitative estimate of drug-likeness (QED) is 0.594. The number of anilines is 1. The van der Waals surface area contributed by atoms with Gasteiger partial charge in [0.25, 0.3) is 0 Å². The van der Waals surface area contributed by atoms with Crippen molar-refractivity contribution >= 4 is 11.4 Å². The minimum Gasteiger partial charge on any atom is -0.402 e. The molecule has 3 aromatic rings. The highest BCUT2D eigenvalue weighted by atomic mass is 19.1. The molecule has 0 atom stereocenters. The van der Waals surface area contributed by atoms with Crippen LogP contribution in [0.2, 0.25) is 0 Å². The van der Waals surface area contributed by atoms with Crippen LogP contribution in [0.25, 0.3) is 5.69 Å². The first-order valence-electron chi connectivity index (χ1n) is 9.10. The Morgan fingerprint density at radius 2 is 2.03 bits per heavy atom. The summed E-state index contributed by atoms with van der Waals surface area (Å²) >= 11 is 0. The van der Waals surface area contributed by atoms with Gasteiger partial charge in [0, 0.05) is 23.5 Å². The molecule has 0 saturated carbocycles. The molecule has 1 aromatic heterocycles. The maximum Gasteiger partial charge on any atom is 0.151 e. The summed E-state index contributed by atoms with van der Waals surface area (Å²) in [4.78, 5) is 8.55. The number of halogens is 1. The number of allylic oxidation sites excluding steroid dienone is 2. The summed E-state index contributed by atoms with van der Waals surface area (Å²) in [5.41, 5.74) is 9.20. The van der Waals surface area contributed by atoms with Crippen molar-refractivity contribution < 1.29 is 4.39 Å². The van der Waals surface area contributed by atoms with Gasteiger partial charge in [0.15, 0.2) is 5.82 Å². The van der Waals surface area contributed by atoms with Gasteiger partial charge in [0.1, 0.15) is 23.7 Å². The third kappa shape index (κ3) is 5.38. The van der Waals surface area contributed by atoms with E-state index < -0.39 is 5.82 Å². The lowest BCUT2D eigenvalue weighted by Gasteiger charge is -2.10. The van der Waals surface area contributed by atoms with Crippen molar-refractivity contribution in [1.29, 1.82) is 0 Å². The molecular formula is C22H23FN6. The Hall–Kier alpha value is -3.74. The summed E-state index contributed by atoms with van der Waals surface area (Å²) in [5, 5.41) is 7.05. The molecule has 7 heteroatoms. The van der Waals surface area contributed by atoms with E-state index in [1.807, 2.05) is 30.3 Å². The maximum absolute atomic E-state index is 14.5. The number of hydrogen-bond donors (Lipinski definition) is 2. The van der Waals surface area contributed by atoms with Gasteiger partial charge in [-0.05, 0) is 43.7 Å². The second kappa shape index (κ2) is 8.97. The van der Waals surface area contributed by atoms with E-state index in [1.54, 1.807) is 32.1 Å². The molecular weight excluding hydrogens is 367 g/mol. The van der Waals surface area contributed by atoms with Crippen molar-refractivity contribution in [2.24, 2.45) is 10.7 Å². The Morgan fingerprint density at radius 1 is 1.28 bits per heavy atom. The predicted octanol–water partition coefficient (Wildman–Crippen LogP) is 4.14. The van der Waals surface area contributed by atoms with E-state index in [0.29, 0.717) is 35.1 Å². The SMILES string of the molecule is C=C(/N=C(\C=C(\C)N)Cc1ccccc1)Nc1ccc(-n2ncnc2C)c(F)c1. The summed E-state index contributed by atoms with van der Waals surface area (Å²) in [6, 6.07) is 14.7. The Bertz CT molecular complexity index is 1060. The maximum atomic E-state index is 14.5. The van der Waals surface area contributed by atoms with Crippen LogP contribution < -0.4 is 11.1 Å². The zero-order valence-corrected chi connectivity index (χ0v) is 16.4. The van der Waals surface area contributed by atoms with Gasteiger partial charge in [-0.2, -0.15) is 5.10 Å². The number of aliphatic imine (C=N–C) groups is 1. The van der Waals surface area contributed by atoms with Crippen molar-refractivity contribution in [3.8, 4) is 5.69 Å². The van der Waals surface area contributed by atoms with E-state index >= 15 is 0 Å². The summed E-state index contributed by atoms with van der Waals surface area (Å²) in [6.45, 7) is 7.50. The van der Waals surface area contributed by atoms with Crippen molar-refractivity contribution in [3.63, 3.8) is 0 Å². The molecule has 0 unspecified atom stereocenters. The molecule has 6 nitrogen and oxygen atoms in total. The molecule has 148 valence electrons. The first-order valence-corrected chi connectivity index (χ1v) is 9.10. The largest absolute Gasteiger partial charge is 0.402 e. The number of benzene rings is 2. The van der Waals surface area contributed by atoms with Crippen molar-refractivity contribution in [3.05, 3.63) is 96.2 Å². The Kier molecular flexibility index (Phi) is 6.19. The fraction of sp³-hybridized carbons (Fsp3) is 0.136. The summed E-state index contributed by atoms with van der Waals surface area (Å²) < 4.78 is 16.0. The summed E-state index contributed by atoms with van der Waals surface area (Å²) in [7, 11) is 0. The highest BCUT2D eigenvalue weighted by Gasteiger charge is 2.09. The average Bonchev–Trinajstić information content (AvgIpc) is 3.07. The lowest BCUT2D eigenvalue weighted by molar-refractivity contribution is 0.608. The van der Waals surface area contributed by atoms with Crippen LogP contribution in [0.5, 0.6) is 0 Å². The minimum absolute atomic E-state index is 0.325. The van der Waals surface area contributed by atoms with E-state index in [4.69, 9.17) is 5.73 Å². The Labute approximate surface area is 169 Å². The molecule has 0 radical (unpaired) electrons. The highest BCUT2D eigenvalue weighted by Crippen LogP contribution is 2.20. The van der Waals surface area contributed by atoms with Crippen LogP contribution in [-0.4, -0.2) is 20.5 Å². The first kappa shape index (κ1) is 20.0. The van der Waals surface area contributed by atoms with Crippen LogP contribution >= 0.6 is 0 Å². The Balaban J connectivity index is 1.78. The molecule has 3 N–H and O–H groups in total. The molecule has 0 spiro atoms. The van der Waals surface area contributed by atoms with Crippen LogP contribution in [0.3, 0.4) is 0 Å². The van der Waals surface area contributed by atoms with E-state index in [2.05, 4.69) is 27.0 Å². The van der Waals surface area contributed by atoms with Crippen LogP contribution in [0.1, 0.15) is 18.3 Å². The van der Waals surface area contributed by atoms with Crippen molar-refractivity contribution in [2.75, 3.05) is 5.32 Å². The van der Waals surface area contributed by atoms with E-state index in [9.17, 15) is 4.39 Å². The number of rotatable bonds is 7. The second-order valence-electron chi connectivity index (χ2n) is 6.61. The van der Waals surface area contributed by atoms with Crippen LogP contribution in [-0.2, 0) is 6.42 Å². The molecule has 0 fully saturated rings. The van der Waals surface area contributed by atoms with Crippen LogP contribution in [0.15, 0.2) is 84.0 Å². The second-order valence-corrected chi connectivity index (χ2v) is 6.61. The topological polar surface area (TPSA) is 81.1 Å². The van der Waals surface area contributed by atoms with Gasteiger partial charge in [-0.25, -0.2) is 19.0 Å². The number of aromatic nitrogens is 3. The molecule has 0 bridgehead atoms. The van der Waals surface area contributed by atoms with Gasteiger partial charge in [-0.3, -0.25) is 0 Å². The van der Waals surface area contributed by atoms with Gasteiger partial charge < -0.3 is 11.1 Å². The summed E-state index contributed by atoms with van der Waals surface area (Å²) in [6.07, 6.45) is 3.80. The fourth-order valence-corrected chi connectivity index (χ4v) is 2.85. The number of nitrogens with zero attached hydrogens (tertiary/aromatic N) is 4. The van der Waals surface area contributed by atoms with Gasteiger partial charge in [0.05, 0.1) is 0 Å². The molecule has 0 aliphatic heterocycles. The van der Waals surface area contributed by atoms with Gasteiger partial charge in [-0.15, -0.1) is 0 Å². The van der Waals surface area contributed by atoms with E-state index in [1.165, 1.54) is 17.1 Å². The zero-order valence-electron chi connectivity index (χ0n) is 16.4. The van der Waals surface area contributed by atoms with E-state index in [-0.39, 0.29) is 0 Å². The van der Waals surface area contributed by atoms with Crippen molar-refractivity contribution in [2.45, 2.75) is 20.3 Å². The normalized spacial score (nSPS) is 12.1. The lowest BCUT2D eigenvalue weighted by atomic mass is 10.1. The zero-order chi connectivity index (χ0) is 20.8. The van der Waals surface area contributed by atoms with Crippen LogP contribution in [0.4, 0.5) is 10.1 Å². The summed E-state index contributed by atoms with van der Waals surface area (Å²) in [5.74, 6) is 0.563. The molecule has 0 aliphatic carbocycles. The number of aryl methyl sites for hydroxylation is 1. The van der Waals surface area contributed by atoms with Gasteiger partial charge in [-0.1, -0.05) is 36.9 Å². The molecule has 0 saturated heterocycles. The highest BCUT2D eigenvalue weighted by molar-refractivity contribution is 5.97. The third-order valence-electron chi connectivity index (χ3n) is 4.08. The smallest absolute Gasteiger partial charge is 0.151 e. The number of hydrogen-bond acceptors (Lipinski definition) is 5. The third-order valence-corrected chi connectivity index (χ3v) is 4.08. The molecule has 29 heavy (non-hydrogen) atoms. The molecule has 2 aromatic carbocycles. The first-order chi connectivity index (χ1) is 13.9. The van der Waals surface area contributed by atoms with Crippen molar-refractivity contribution in [1.82, 2.24) is 14.8 Å². The van der Waals surface area contributed by atoms with Crippen LogP contribution in [0, 0.1) is 12.7 Å². The van der Waals surface area contributed by atoms with E-state index in [0.717, 1.165) is 11.3 Å². The molecule has 3 rings (SSSR count). The van der Waals surface area contributed by atoms with Gasteiger partial charge in [0.2, 0.25) is 0 Å². The Morgan fingerprint density at radius 3 is 2.66 bits per heavy atom. The molecule has 0 aliphatic rings. The molecule has 0 amide bonds. The average molecular weight is 390 g/mol. The molecule has 1 heterocycles. The van der Waals surface area contributed by atoms with Gasteiger partial charge >= 0.3 is 0 Å². The number of nitrogens with two attached hydrogens (primary N) is 1. The predicted molar refractivity (Wildman–Crippen MR) is 114 cm³/mol.